The second-order valence-corrected chi connectivity index (χ2v) is 6.94. The van der Waals surface area contributed by atoms with Gasteiger partial charge in [0.25, 0.3) is 11.6 Å². The Hall–Kier alpha value is -2.79. The number of hydrogen-bond donors (Lipinski definition) is 2. The fraction of sp³-hybridized carbons (Fsp3) is 0.200. The Labute approximate surface area is 157 Å². The second kappa shape index (κ2) is 8.06. The first kappa shape index (κ1) is 19.5. The Morgan fingerprint density at radius 1 is 1.38 bits per heavy atom. The van der Waals surface area contributed by atoms with Crippen LogP contribution in [-0.2, 0) is 14.4 Å². The van der Waals surface area contributed by atoms with Crippen molar-refractivity contribution in [1.29, 1.82) is 0 Å². The number of hydrogen-bond acceptors (Lipinski definition) is 7. The summed E-state index contributed by atoms with van der Waals surface area (Å²) in [4.78, 5) is 46.2. The van der Waals surface area contributed by atoms with Crippen molar-refractivity contribution in [2.75, 3.05) is 0 Å². The van der Waals surface area contributed by atoms with Crippen molar-refractivity contribution in [1.82, 2.24) is 4.90 Å². The molecule has 2 rings (SSSR count). The number of thiocarbonyl (C=S) groups is 1. The molecule has 26 heavy (non-hydrogen) atoms. The molecule has 1 fully saturated rings. The number of carboxylic acids is 1. The van der Waals surface area contributed by atoms with Gasteiger partial charge in [0.15, 0.2) is 0 Å². The van der Waals surface area contributed by atoms with Gasteiger partial charge in [-0.05, 0) is 30.2 Å². The van der Waals surface area contributed by atoms with Crippen LogP contribution in [0.3, 0.4) is 0 Å². The zero-order chi connectivity index (χ0) is 19.4. The zero-order valence-electron chi connectivity index (χ0n) is 13.2. The lowest BCUT2D eigenvalue weighted by molar-refractivity contribution is -0.384. The molecule has 9 nitrogen and oxygen atoms in total. The Morgan fingerprint density at radius 2 is 2.00 bits per heavy atom. The average Bonchev–Trinajstić information content (AvgIpc) is 2.82. The zero-order valence-corrected chi connectivity index (χ0v) is 14.8. The summed E-state index contributed by atoms with van der Waals surface area (Å²) in [7, 11) is 0. The van der Waals surface area contributed by atoms with Gasteiger partial charge in [-0.2, -0.15) is 0 Å². The number of primary amides is 1. The number of thioether (sulfide) groups is 1. The molecular weight excluding hydrogens is 382 g/mol. The van der Waals surface area contributed by atoms with Gasteiger partial charge in [0.1, 0.15) is 10.4 Å². The molecule has 1 heterocycles. The predicted octanol–water partition coefficient (Wildman–Crippen LogP) is 1.51. The van der Waals surface area contributed by atoms with E-state index in [9.17, 15) is 29.6 Å². The molecule has 0 saturated carbocycles. The minimum atomic E-state index is -1.29. The number of nitrogens with two attached hydrogens (primary N) is 1. The van der Waals surface area contributed by atoms with Crippen molar-refractivity contribution in [3.05, 3.63) is 44.8 Å². The summed E-state index contributed by atoms with van der Waals surface area (Å²) in [5, 5.41) is 20.0. The van der Waals surface area contributed by atoms with Crippen LogP contribution >= 0.6 is 24.0 Å². The molecule has 1 unspecified atom stereocenters. The SMILES string of the molecule is NC(=O)CCC(C(=O)O)N1C(=O)/C(=C/c2ccc([N+](=O)[O-])cc2)SC1=S. The summed E-state index contributed by atoms with van der Waals surface area (Å²) in [5.74, 6) is -2.57. The number of nitro groups is 1. The number of rotatable bonds is 7. The van der Waals surface area contributed by atoms with Crippen LogP contribution in [0.1, 0.15) is 18.4 Å². The summed E-state index contributed by atoms with van der Waals surface area (Å²) in [6, 6.07) is 4.22. The van der Waals surface area contributed by atoms with Crippen LogP contribution in [0.25, 0.3) is 6.08 Å². The molecule has 1 aromatic rings. The number of non-ortho nitro benzene ring substituents is 1. The van der Waals surface area contributed by atoms with E-state index in [1.807, 2.05) is 0 Å². The van der Waals surface area contributed by atoms with E-state index in [0.29, 0.717) is 5.56 Å². The highest BCUT2D eigenvalue weighted by Crippen LogP contribution is 2.35. The fourth-order valence-electron chi connectivity index (χ4n) is 2.23. The van der Waals surface area contributed by atoms with Crippen LogP contribution in [0.4, 0.5) is 5.69 Å². The van der Waals surface area contributed by atoms with Crippen molar-refractivity contribution in [2.24, 2.45) is 5.73 Å². The molecule has 2 amide bonds. The maximum absolute atomic E-state index is 12.5. The minimum absolute atomic E-state index is 0.0556. The maximum Gasteiger partial charge on any atom is 0.326 e. The predicted molar refractivity (Wildman–Crippen MR) is 98.0 cm³/mol. The van der Waals surface area contributed by atoms with E-state index in [4.69, 9.17) is 18.0 Å². The summed E-state index contributed by atoms with van der Waals surface area (Å²) in [6.07, 6.45) is 1.12. The number of carboxylic acid groups (broad SMARTS) is 1. The minimum Gasteiger partial charge on any atom is -0.480 e. The van der Waals surface area contributed by atoms with Gasteiger partial charge in [0, 0.05) is 18.6 Å². The van der Waals surface area contributed by atoms with Crippen molar-refractivity contribution < 1.29 is 24.4 Å². The molecule has 136 valence electrons. The van der Waals surface area contributed by atoms with Gasteiger partial charge >= 0.3 is 5.97 Å². The first-order valence-corrected chi connectivity index (χ1v) is 8.46. The van der Waals surface area contributed by atoms with E-state index in [1.165, 1.54) is 30.3 Å². The number of amides is 2. The van der Waals surface area contributed by atoms with Gasteiger partial charge in [0.2, 0.25) is 5.91 Å². The van der Waals surface area contributed by atoms with Crippen molar-refractivity contribution >= 4 is 57.8 Å². The molecule has 1 aliphatic rings. The Morgan fingerprint density at radius 3 is 2.50 bits per heavy atom. The number of nitrogens with zero attached hydrogens (tertiary/aromatic N) is 2. The van der Waals surface area contributed by atoms with Crippen molar-refractivity contribution in [3.8, 4) is 0 Å². The lowest BCUT2D eigenvalue weighted by atomic mass is 10.1. The van der Waals surface area contributed by atoms with Gasteiger partial charge in [-0.15, -0.1) is 0 Å². The molecular formula is C15H13N3O6S2. The van der Waals surface area contributed by atoms with Crippen LogP contribution < -0.4 is 5.73 Å². The highest BCUT2D eigenvalue weighted by molar-refractivity contribution is 8.26. The van der Waals surface area contributed by atoms with Crippen LogP contribution in [0.15, 0.2) is 29.2 Å². The Balaban J connectivity index is 2.24. The standard InChI is InChI=1S/C15H13N3O6S2/c16-12(19)6-5-10(14(21)22)17-13(20)11(26-15(17)25)7-8-1-3-9(4-2-8)18(23)24/h1-4,7,10H,5-6H2,(H2,16,19)(H,21,22)/b11-7-. The number of carbonyl (C=O) groups is 3. The van der Waals surface area contributed by atoms with E-state index in [-0.39, 0.29) is 27.8 Å². The number of nitro benzene ring substituents is 1. The monoisotopic (exact) mass is 395 g/mol. The molecule has 1 aromatic carbocycles. The number of benzene rings is 1. The van der Waals surface area contributed by atoms with Gasteiger partial charge < -0.3 is 10.8 Å². The number of aliphatic carboxylic acids is 1. The second-order valence-electron chi connectivity index (χ2n) is 5.26. The van der Waals surface area contributed by atoms with Gasteiger partial charge in [0.05, 0.1) is 9.83 Å². The van der Waals surface area contributed by atoms with Gasteiger partial charge in [-0.25, -0.2) is 4.79 Å². The molecule has 0 radical (unpaired) electrons. The van der Waals surface area contributed by atoms with E-state index < -0.39 is 28.7 Å². The van der Waals surface area contributed by atoms with Crippen LogP contribution in [-0.4, -0.2) is 43.1 Å². The third-order valence-corrected chi connectivity index (χ3v) is 4.82. The van der Waals surface area contributed by atoms with Crippen molar-refractivity contribution in [2.45, 2.75) is 18.9 Å². The van der Waals surface area contributed by atoms with Crippen molar-refractivity contribution in [3.63, 3.8) is 0 Å². The molecule has 1 atom stereocenters. The molecule has 1 saturated heterocycles. The summed E-state index contributed by atoms with van der Waals surface area (Å²) < 4.78 is 0.0556. The lowest BCUT2D eigenvalue weighted by Crippen LogP contribution is -2.44. The van der Waals surface area contributed by atoms with Crippen LogP contribution in [0, 0.1) is 10.1 Å². The molecule has 11 heteroatoms. The first-order chi connectivity index (χ1) is 12.2. The van der Waals surface area contributed by atoms with E-state index in [1.54, 1.807) is 0 Å². The molecule has 0 bridgehead atoms. The molecule has 0 spiro atoms. The quantitative estimate of drug-likeness (QED) is 0.306. The summed E-state index contributed by atoms with van der Waals surface area (Å²) in [6.45, 7) is 0. The first-order valence-electron chi connectivity index (χ1n) is 7.23. The third kappa shape index (κ3) is 4.43. The smallest absolute Gasteiger partial charge is 0.326 e. The highest BCUT2D eigenvalue weighted by Gasteiger charge is 2.40. The molecule has 1 aliphatic heterocycles. The summed E-state index contributed by atoms with van der Waals surface area (Å²) >= 11 is 6.02. The highest BCUT2D eigenvalue weighted by atomic mass is 32.2. The van der Waals surface area contributed by atoms with Gasteiger partial charge in [-0.3, -0.25) is 24.6 Å². The lowest BCUT2D eigenvalue weighted by Gasteiger charge is -2.22. The van der Waals surface area contributed by atoms with E-state index >= 15 is 0 Å². The Kier molecular flexibility index (Phi) is 6.05. The average molecular weight is 395 g/mol. The normalized spacial score (nSPS) is 16.8. The molecule has 3 N–H and O–H groups in total. The topological polar surface area (TPSA) is 144 Å². The van der Waals surface area contributed by atoms with Crippen LogP contribution in [0.5, 0.6) is 0 Å². The maximum atomic E-state index is 12.5. The number of carbonyl (C=O) groups excluding carboxylic acids is 2. The largest absolute Gasteiger partial charge is 0.480 e. The Bertz CT molecular complexity index is 821. The van der Waals surface area contributed by atoms with Crippen LogP contribution in [0.2, 0.25) is 0 Å². The van der Waals surface area contributed by atoms with E-state index in [2.05, 4.69) is 0 Å². The van der Waals surface area contributed by atoms with E-state index in [0.717, 1.165) is 16.7 Å². The fourth-order valence-corrected chi connectivity index (χ4v) is 3.59. The summed E-state index contributed by atoms with van der Waals surface area (Å²) in [5.41, 5.74) is 5.48. The van der Waals surface area contributed by atoms with Gasteiger partial charge in [-0.1, -0.05) is 24.0 Å². The molecule has 0 aromatic heterocycles. The molecule has 0 aliphatic carbocycles. The third-order valence-electron chi connectivity index (χ3n) is 3.49.